The number of benzene rings is 2. The van der Waals surface area contributed by atoms with Crippen molar-refractivity contribution in [3.8, 4) is 0 Å². The molecule has 0 unspecified atom stereocenters. The summed E-state index contributed by atoms with van der Waals surface area (Å²) in [5.41, 5.74) is 1.24. The molecule has 0 saturated heterocycles. The van der Waals surface area contributed by atoms with Crippen molar-refractivity contribution >= 4 is 27.5 Å². The summed E-state index contributed by atoms with van der Waals surface area (Å²) >= 11 is 6.08. The third kappa shape index (κ3) is 6.40. The van der Waals surface area contributed by atoms with Crippen molar-refractivity contribution in [2.45, 2.75) is 13.0 Å². The molecule has 0 aliphatic rings. The van der Waals surface area contributed by atoms with E-state index in [1.165, 1.54) is 22.5 Å². The van der Waals surface area contributed by atoms with Crippen molar-refractivity contribution < 1.29 is 17.6 Å². The molecule has 0 aliphatic carbocycles. The molecule has 0 aliphatic heterocycles. The number of sulfonamides is 1. The van der Waals surface area contributed by atoms with Crippen LogP contribution in [0.2, 0.25) is 5.02 Å². The third-order valence-electron chi connectivity index (χ3n) is 3.71. The first-order valence-electron chi connectivity index (χ1n) is 7.95. The molecule has 8 heteroatoms. The number of amides is 1. The van der Waals surface area contributed by atoms with Crippen LogP contribution in [0.4, 0.5) is 4.39 Å². The van der Waals surface area contributed by atoms with Gasteiger partial charge in [-0.25, -0.2) is 12.8 Å². The summed E-state index contributed by atoms with van der Waals surface area (Å²) in [5.74, 6) is -0.708. The summed E-state index contributed by atoms with van der Waals surface area (Å²) in [4.78, 5) is 11.9. The summed E-state index contributed by atoms with van der Waals surface area (Å²) in [6.07, 6.45) is 1.14. The third-order valence-corrected chi connectivity index (χ3v) is 5.33. The minimum absolute atomic E-state index is 0.0289. The highest BCUT2D eigenvalue weighted by Gasteiger charge is 2.18. The molecule has 2 aromatic carbocycles. The number of rotatable bonds is 8. The molecule has 0 heterocycles. The molecule has 5 nitrogen and oxygen atoms in total. The van der Waals surface area contributed by atoms with Crippen LogP contribution in [0, 0.1) is 5.82 Å². The van der Waals surface area contributed by atoms with Crippen molar-refractivity contribution in [1.82, 2.24) is 9.62 Å². The van der Waals surface area contributed by atoms with Gasteiger partial charge in [0.25, 0.3) is 0 Å². The highest BCUT2D eigenvalue weighted by atomic mass is 35.5. The lowest BCUT2D eigenvalue weighted by molar-refractivity contribution is -0.120. The quantitative estimate of drug-likeness (QED) is 0.743. The second kappa shape index (κ2) is 9.12. The van der Waals surface area contributed by atoms with Gasteiger partial charge in [0, 0.05) is 24.7 Å². The Labute approximate surface area is 157 Å². The number of hydrogen-bond acceptors (Lipinski definition) is 3. The zero-order chi connectivity index (χ0) is 19.2. The fraction of sp³-hybridized carbons (Fsp3) is 0.278. The highest BCUT2D eigenvalue weighted by molar-refractivity contribution is 7.88. The van der Waals surface area contributed by atoms with E-state index in [-0.39, 0.29) is 32.0 Å². The van der Waals surface area contributed by atoms with Gasteiger partial charge in [0.15, 0.2) is 0 Å². The summed E-state index contributed by atoms with van der Waals surface area (Å²) < 4.78 is 38.3. The minimum atomic E-state index is -3.47. The predicted octanol–water partition coefficient (Wildman–Crippen LogP) is 2.60. The molecule has 140 valence electrons. The zero-order valence-corrected chi connectivity index (χ0v) is 15.9. The van der Waals surface area contributed by atoms with Gasteiger partial charge in [0.1, 0.15) is 5.82 Å². The van der Waals surface area contributed by atoms with Crippen LogP contribution in [0.15, 0.2) is 48.5 Å². The Morgan fingerprint density at radius 1 is 1.19 bits per heavy atom. The SMILES string of the molecule is CS(=O)(=O)N(CCNC(=O)Cc1cccc(F)c1)Cc1ccccc1Cl. The van der Waals surface area contributed by atoms with Crippen molar-refractivity contribution in [3.05, 3.63) is 70.5 Å². The lowest BCUT2D eigenvalue weighted by Crippen LogP contribution is -2.38. The molecule has 0 bridgehead atoms. The molecule has 1 N–H and O–H groups in total. The van der Waals surface area contributed by atoms with Gasteiger partial charge in [0.2, 0.25) is 15.9 Å². The monoisotopic (exact) mass is 398 g/mol. The van der Waals surface area contributed by atoms with E-state index in [0.29, 0.717) is 16.1 Å². The fourth-order valence-corrected chi connectivity index (χ4v) is 3.39. The van der Waals surface area contributed by atoms with E-state index >= 15 is 0 Å². The molecular weight excluding hydrogens is 379 g/mol. The number of carbonyl (C=O) groups is 1. The fourth-order valence-electron chi connectivity index (χ4n) is 2.39. The molecule has 26 heavy (non-hydrogen) atoms. The average Bonchev–Trinajstić information content (AvgIpc) is 2.54. The second-order valence-corrected chi connectivity index (χ2v) is 8.23. The maximum absolute atomic E-state index is 13.1. The van der Waals surface area contributed by atoms with Crippen LogP contribution in [0.25, 0.3) is 0 Å². The first kappa shape index (κ1) is 20.4. The van der Waals surface area contributed by atoms with E-state index in [2.05, 4.69) is 5.32 Å². The standard InChI is InChI=1S/C18H20ClFN2O3S/c1-26(24,25)22(13-15-6-2-3-8-17(15)19)10-9-21-18(23)12-14-5-4-7-16(20)11-14/h2-8,11H,9-10,12-13H2,1H3,(H,21,23). The number of nitrogens with one attached hydrogen (secondary N) is 1. The molecule has 0 radical (unpaired) electrons. The molecule has 0 aromatic heterocycles. The second-order valence-electron chi connectivity index (χ2n) is 5.84. The van der Waals surface area contributed by atoms with Gasteiger partial charge in [-0.1, -0.05) is 41.9 Å². The molecule has 0 fully saturated rings. The van der Waals surface area contributed by atoms with Gasteiger partial charge in [-0.05, 0) is 29.3 Å². The molecule has 2 aromatic rings. The van der Waals surface area contributed by atoms with E-state index in [4.69, 9.17) is 11.6 Å². The highest BCUT2D eigenvalue weighted by Crippen LogP contribution is 2.18. The number of nitrogens with zero attached hydrogens (tertiary/aromatic N) is 1. The van der Waals surface area contributed by atoms with Gasteiger partial charge in [-0.2, -0.15) is 4.31 Å². The smallest absolute Gasteiger partial charge is 0.224 e. The summed E-state index contributed by atoms with van der Waals surface area (Å²) in [6, 6.07) is 12.8. The Hall–Kier alpha value is -1.96. The molecular formula is C18H20ClFN2O3S. The van der Waals surface area contributed by atoms with Gasteiger partial charge >= 0.3 is 0 Å². The normalized spacial score (nSPS) is 11.5. The predicted molar refractivity (Wildman–Crippen MR) is 99.8 cm³/mol. The average molecular weight is 399 g/mol. The Kier molecular flexibility index (Phi) is 7.14. The topological polar surface area (TPSA) is 66.5 Å². The first-order chi connectivity index (χ1) is 12.3. The van der Waals surface area contributed by atoms with Gasteiger partial charge < -0.3 is 5.32 Å². The lowest BCUT2D eigenvalue weighted by atomic mass is 10.1. The Bertz CT molecular complexity index is 874. The molecule has 1 amide bonds. The van der Waals surface area contributed by atoms with Gasteiger partial charge in [-0.15, -0.1) is 0 Å². The maximum atomic E-state index is 13.1. The Morgan fingerprint density at radius 3 is 2.58 bits per heavy atom. The first-order valence-corrected chi connectivity index (χ1v) is 10.2. The van der Waals surface area contributed by atoms with E-state index < -0.39 is 15.8 Å². The van der Waals surface area contributed by atoms with Crippen molar-refractivity contribution in [2.75, 3.05) is 19.3 Å². The summed E-state index contributed by atoms with van der Waals surface area (Å²) in [7, 11) is -3.47. The lowest BCUT2D eigenvalue weighted by Gasteiger charge is -2.20. The number of halogens is 2. The van der Waals surface area contributed by atoms with E-state index in [1.807, 2.05) is 0 Å². The summed E-state index contributed by atoms with van der Waals surface area (Å²) in [6.45, 7) is 0.378. The van der Waals surface area contributed by atoms with E-state index in [9.17, 15) is 17.6 Å². The molecule has 2 rings (SSSR count). The van der Waals surface area contributed by atoms with Crippen LogP contribution in [0.3, 0.4) is 0 Å². The van der Waals surface area contributed by atoms with Crippen LogP contribution in [0.1, 0.15) is 11.1 Å². The van der Waals surface area contributed by atoms with Crippen LogP contribution in [-0.4, -0.2) is 38.0 Å². The van der Waals surface area contributed by atoms with Crippen LogP contribution in [-0.2, 0) is 27.8 Å². The van der Waals surface area contributed by atoms with Gasteiger partial charge in [0.05, 0.1) is 12.7 Å². The molecule has 0 atom stereocenters. The minimum Gasteiger partial charge on any atom is -0.354 e. The van der Waals surface area contributed by atoms with E-state index in [1.54, 1.807) is 30.3 Å². The van der Waals surface area contributed by atoms with Crippen molar-refractivity contribution in [2.24, 2.45) is 0 Å². The Balaban J connectivity index is 1.91. The van der Waals surface area contributed by atoms with Crippen LogP contribution in [0.5, 0.6) is 0 Å². The largest absolute Gasteiger partial charge is 0.354 e. The van der Waals surface area contributed by atoms with Crippen LogP contribution >= 0.6 is 11.6 Å². The van der Waals surface area contributed by atoms with Crippen molar-refractivity contribution in [3.63, 3.8) is 0 Å². The van der Waals surface area contributed by atoms with Gasteiger partial charge in [-0.3, -0.25) is 4.79 Å². The summed E-state index contributed by atoms with van der Waals surface area (Å²) in [5, 5.41) is 3.14. The van der Waals surface area contributed by atoms with Crippen molar-refractivity contribution in [1.29, 1.82) is 0 Å². The molecule has 0 saturated carbocycles. The number of carbonyl (C=O) groups excluding carboxylic acids is 1. The maximum Gasteiger partial charge on any atom is 0.224 e. The van der Waals surface area contributed by atoms with Crippen LogP contribution < -0.4 is 5.32 Å². The van der Waals surface area contributed by atoms with E-state index in [0.717, 1.165) is 6.26 Å². The Morgan fingerprint density at radius 2 is 1.92 bits per heavy atom. The zero-order valence-electron chi connectivity index (χ0n) is 14.3. The number of hydrogen-bond donors (Lipinski definition) is 1. The molecule has 0 spiro atoms.